The summed E-state index contributed by atoms with van der Waals surface area (Å²) in [6, 6.07) is 5.77. The largest absolute Gasteiger partial charge is 0.497 e. The summed E-state index contributed by atoms with van der Waals surface area (Å²) in [5.41, 5.74) is 6.81. The molecular formula is C14H20N2O2. The van der Waals surface area contributed by atoms with Gasteiger partial charge in [-0.05, 0) is 17.7 Å². The predicted molar refractivity (Wildman–Crippen MR) is 72.8 cm³/mol. The Morgan fingerprint density at radius 3 is 2.33 bits per heavy atom. The zero-order chi connectivity index (χ0) is 13.4. The molecule has 0 aliphatic carbocycles. The van der Waals surface area contributed by atoms with Crippen molar-refractivity contribution in [1.82, 2.24) is 5.32 Å². The number of nitrogens with one attached hydrogen (secondary N) is 1. The van der Waals surface area contributed by atoms with Crippen molar-refractivity contribution in [3.05, 3.63) is 23.8 Å². The molecule has 0 amide bonds. The van der Waals surface area contributed by atoms with Gasteiger partial charge in [-0.15, -0.1) is 12.3 Å². The molecule has 0 aliphatic rings. The van der Waals surface area contributed by atoms with Crippen LogP contribution in [0.2, 0.25) is 0 Å². The topological polar surface area (TPSA) is 56.5 Å². The van der Waals surface area contributed by atoms with Crippen LogP contribution in [0.3, 0.4) is 0 Å². The summed E-state index contributed by atoms with van der Waals surface area (Å²) in [4.78, 5) is 0. The molecule has 1 atom stereocenters. The third-order valence-electron chi connectivity index (χ3n) is 2.67. The average molecular weight is 248 g/mol. The van der Waals surface area contributed by atoms with Crippen LogP contribution in [0.4, 0.5) is 0 Å². The third kappa shape index (κ3) is 3.95. The Morgan fingerprint density at radius 2 is 1.89 bits per heavy atom. The minimum atomic E-state index is 0.0438. The number of ether oxygens (including phenoxy) is 2. The summed E-state index contributed by atoms with van der Waals surface area (Å²) in [5.74, 6) is 4.09. The second-order valence-corrected chi connectivity index (χ2v) is 3.84. The van der Waals surface area contributed by atoms with E-state index in [9.17, 15) is 0 Å². The van der Waals surface area contributed by atoms with Gasteiger partial charge in [-0.1, -0.05) is 0 Å². The van der Waals surface area contributed by atoms with Gasteiger partial charge in [-0.2, -0.15) is 0 Å². The first-order valence-electron chi connectivity index (χ1n) is 5.85. The summed E-state index contributed by atoms with van der Waals surface area (Å²) >= 11 is 0. The van der Waals surface area contributed by atoms with Gasteiger partial charge < -0.3 is 20.5 Å². The maximum Gasteiger partial charge on any atom is 0.122 e. The molecule has 3 N–H and O–H groups in total. The van der Waals surface area contributed by atoms with Crippen LogP contribution < -0.4 is 20.5 Å². The van der Waals surface area contributed by atoms with Crippen LogP contribution >= 0.6 is 0 Å². The van der Waals surface area contributed by atoms with Crippen LogP contribution in [0, 0.1) is 12.3 Å². The van der Waals surface area contributed by atoms with Gasteiger partial charge in [0, 0.05) is 31.6 Å². The minimum absolute atomic E-state index is 0.0438. The highest BCUT2D eigenvalue weighted by atomic mass is 16.5. The van der Waals surface area contributed by atoms with Crippen molar-refractivity contribution in [3.63, 3.8) is 0 Å². The zero-order valence-corrected chi connectivity index (χ0v) is 10.9. The molecule has 0 saturated heterocycles. The fraction of sp³-hybridized carbons (Fsp3) is 0.429. The SMILES string of the molecule is C#CCCNC(CN)c1cc(OC)cc(OC)c1. The van der Waals surface area contributed by atoms with Crippen LogP contribution in [-0.4, -0.2) is 27.3 Å². The van der Waals surface area contributed by atoms with E-state index in [0.717, 1.165) is 23.6 Å². The van der Waals surface area contributed by atoms with E-state index in [1.165, 1.54) is 0 Å². The van der Waals surface area contributed by atoms with Crippen LogP contribution in [0.15, 0.2) is 18.2 Å². The lowest BCUT2D eigenvalue weighted by Gasteiger charge is -2.18. The molecule has 0 heterocycles. The minimum Gasteiger partial charge on any atom is -0.497 e. The van der Waals surface area contributed by atoms with E-state index < -0.39 is 0 Å². The number of methoxy groups -OCH3 is 2. The van der Waals surface area contributed by atoms with Gasteiger partial charge in [0.25, 0.3) is 0 Å². The molecule has 0 bridgehead atoms. The molecule has 4 heteroatoms. The molecule has 0 saturated carbocycles. The standard InChI is InChI=1S/C14H20N2O2/c1-4-5-6-16-14(10-15)11-7-12(17-2)9-13(8-11)18-3/h1,7-9,14,16H,5-6,10,15H2,2-3H3. The van der Waals surface area contributed by atoms with E-state index in [2.05, 4.69) is 11.2 Å². The van der Waals surface area contributed by atoms with Gasteiger partial charge >= 0.3 is 0 Å². The van der Waals surface area contributed by atoms with E-state index in [1.807, 2.05) is 18.2 Å². The number of hydrogen-bond donors (Lipinski definition) is 2. The molecule has 1 rings (SSSR count). The van der Waals surface area contributed by atoms with E-state index >= 15 is 0 Å². The molecule has 18 heavy (non-hydrogen) atoms. The highest BCUT2D eigenvalue weighted by molar-refractivity contribution is 5.40. The second-order valence-electron chi connectivity index (χ2n) is 3.84. The van der Waals surface area contributed by atoms with Gasteiger partial charge in [0.15, 0.2) is 0 Å². The predicted octanol–water partition coefficient (Wildman–Crippen LogP) is 1.32. The van der Waals surface area contributed by atoms with E-state index in [-0.39, 0.29) is 6.04 Å². The Kier molecular flexibility index (Phi) is 6.06. The maximum atomic E-state index is 5.77. The summed E-state index contributed by atoms with van der Waals surface area (Å²) in [6.45, 7) is 1.22. The molecule has 0 spiro atoms. The van der Waals surface area contributed by atoms with Crippen molar-refractivity contribution in [1.29, 1.82) is 0 Å². The molecule has 1 unspecified atom stereocenters. The normalized spacial score (nSPS) is 11.7. The summed E-state index contributed by atoms with van der Waals surface area (Å²) in [7, 11) is 3.25. The van der Waals surface area contributed by atoms with Crippen LogP contribution in [-0.2, 0) is 0 Å². The van der Waals surface area contributed by atoms with Gasteiger partial charge in [0.05, 0.1) is 14.2 Å². The highest BCUT2D eigenvalue weighted by Gasteiger charge is 2.11. The molecule has 0 fully saturated rings. The van der Waals surface area contributed by atoms with Crippen LogP contribution in [0.25, 0.3) is 0 Å². The Bertz CT molecular complexity index is 390. The number of hydrogen-bond acceptors (Lipinski definition) is 4. The lowest BCUT2D eigenvalue weighted by Crippen LogP contribution is -2.28. The molecule has 98 valence electrons. The number of rotatable bonds is 7. The van der Waals surface area contributed by atoms with Gasteiger partial charge in [0.1, 0.15) is 11.5 Å². The first-order chi connectivity index (χ1) is 8.74. The fourth-order valence-corrected chi connectivity index (χ4v) is 1.69. The van der Waals surface area contributed by atoms with Crippen molar-refractivity contribution in [2.45, 2.75) is 12.5 Å². The summed E-state index contributed by atoms with van der Waals surface area (Å²) < 4.78 is 10.5. The molecule has 1 aromatic carbocycles. The highest BCUT2D eigenvalue weighted by Crippen LogP contribution is 2.26. The molecule has 0 aliphatic heterocycles. The lowest BCUT2D eigenvalue weighted by molar-refractivity contribution is 0.391. The van der Waals surface area contributed by atoms with E-state index in [4.69, 9.17) is 21.6 Å². The van der Waals surface area contributed by atoms with Crippen molar-refractivity contribution < 1.29 is 9.47 Å². The van der Waals surface area contributed by atoms with Crippen molar-refractivity contribution in [2.75, 3.05) is 27.3 Å². The second kappa shape index (κ2) is 7.59. The molecule has 1 aromatic rings. The van der Waals surface area contributed by atoms with E-state index in [1.54, 1.807) is 14.2 Å². The molecule has 0 radical (unpaired) electrons. The Labute approximate surface area is 108 Å². The maximum absolute atomic E-state index is 5.77. The number of benzene rings is 1. The summed E-state index contributed by atoms with van der Waals surface area (Å²) in [5, 5.41) is 3.31. The van der Waals surface area contributed by atoms with Crippen LogP contribution in [0.5, 0.6) is 11.5 Å². The average Bonchev–Trinajstić information content (AvgIpc) is 2.43. The van der Waals surface area contributed by atoms with Gasteiger partial charge in [-0.25, -0.2) is 0 Å². The quantitative estimate of drug-likeness (QED) is 0.564. The third-order valence-corrected chi connectivity index (χ3v) is 2.67. The van der Waals surface area contributed by atoms with E-state index in [0.29, 0.717) is 13.0 Å². The smallest absolute Gasteiger partial charge is 0.122 e. The fourth-order valence-electron chi connectivity index (χ4n) is 1.69. The first-order valence-corrected chi connectivity index (χ1v) is 5.85. The molecular weight excluding hydrogens is 228 g/mol. The monoisotopic (exact) mass is 248 g/mol. The van der Waals surface area contributed by atoms with Gasteiger partial charge in [0.2, 0.25) is 0 Å². The Hall–Kier alpha value is -1.70. The molecule has 4 nitrogen and oxygen atoms in total. The Morgan fingerprint density at radius 1 is 1.28 bits per heavy atom. The van der Waals surface area contributed by atoms with Crippen molar-refractivity contribution in [3.8, 4) is 23.8 Å². The summed E-state index contributed by atoms with van der Waals surface area (Å²) in [6.07, 6.45) is 5.90. The lowest BCUT2D eigenvalue weighted by atomic mass is 10.1. The number of nitrogens with two attached hydrogens (primary N) is 1. The van der Waals surface area contributed by atoms with Crippen LogP contribution in [0.1, 0.15) is 18.0 Å². The zero-order valence-electron chi connectivity index (χ0n) is 10.9. The first kappa shape index (κ1) is 14.4. The van der Waals surface area contributed by atoms with Crippen molar-refractivity contribution in [2.24, 2.45) is 5.73 Å². The van der Waals surface area contributed by atoms with Crippen molar-refractivity contribution >= 4 is 0 Å². The van der Waals surface area contributed by atoms with Gasteiger partial charge in [-0.3, -0.25) is 0 Å². The Balaban J connectivity index is 2.87. The number of terminal acetylenes is 1. The molecule has 0 aromatic heterocycles.